The number of aromatic nitrogens is 1. The minimum Gasteiger partial charge on any atom is -0.457 e. The fourth-order valence-corrected chi connectivity index (χ4v) is 4.90. The normalized spacial score (nSPS) is 16.5. The highest BCUT2D eigenvalue weighted by Gasteiger charge is 2.37. The summed E-state index contributed by atoms with van der Waals surface area (Å²) in [4.78, 5) is 31.1. The van der Waals surface area contributed by atoms with E-state index in [1.165, 1.54) is 30.4 Å². The number of hydrogen-bond donors (Lipinski definition) is 1. The summed E-state index contributed by atoms with van der Waals surface area (Å²) in [6.45, 7) is 5.14. The molecule has 1 aliphatic heterocycles. The number of nitrogens with zero attached hydrogens (tertiary/aromatic N) is 1. The Bertz CT molecular complexity index is 1240. The number of hydrogen-bond acceptors (Lipinski definition) is 6. The zero-order valence-electron chi connectivity index (χ0n) is 17.4. The van der Waals surface area contributed by atoms with Gasteiger partial charge in [0.15, 0.2) is 5.78 Å². The van der Waals surface area contributed by atoms with Crippen molar-refractivity contribution in [1.29, 1.82) is 0 Å². The summed E-state index contributed by atoms with van der Waals surface area (Å²) >= 11 is 1.47. The summed E-state index contributed by atoms with van der Waals surface area (Å²) in [7, 11) is 0. The van der Waals surface area contributed by atoms with E-state index in [9.17, 15) is 14.0 Å². The lowest BCUT2D eigenvalue weighted by Crippen LogP contribution is -2.31. The molecule has 0 radical (unpaired) electrons. The molecule has 158 valence electrons. The molecule has 5 nitrogen and oxygen atoms in total. The van der Waals surface area contributed by atoms with Gasteiger partial charge in [0.1, 0.15) is 17.3 Å². The summed E-state index contributed by atoms with van der Waals surface area (Å²) in [6, 6.07) is 9.58. The Hall–Kier alpha value is -3.32. The monoisotopic (exact) mass is 436 g/mol. The number of halogens is 1. The van der Waals surface area contributed by atoms with Crippen molar-refractivity contribution in [2.75, 3.05) is 0 Å². The highest BCUT2D eigenvalue weighted by molar-refractivity contribution is 7.16. The summed E-state index contributed by atoms with van der Waals surface area (Å²) in [5.74, 6) is -1.55. The van der Waals surface area contributed by atoms with Crippen molar-refractivity contribution in [3.63, 3.8) is 0 Å². The smallest absolute Gasteiger partial charge is 0.337 e. The van der Waals surface area contributed by atoms with Crippen LogP contribution in [0.2, 0.25) is 0 Å². The maximum absolute atomic E-state index is 13.2. The van der Waals surface area contributed by atoms with E-state index in [1.54, 1.807) is 25.3 Å². The van der Waals surface area contributed by atoms with Gasteiger partial charge >= 0.3 is 5.97 Å². The molecule has 1 aliphatic rings. The molecule has 1 unspecified atom stereocenters. The first kappa shape index (κ1) is 20.9. The van der Waals surface area contributed by atoms with Crippen LogP contribution in [0.15, 0.2) is 70.5 Å². The second kappa shape index (κ2) is 8.43. The topological polar surface area (TPSA) is 68.3 Å². The predicted octanol–water partition coefficient (Wildman–Crippen LogP) is 5.00. The Labute approximate surface area is 183 Å². The average Bonchev–Trinajstić information content (AvgIpc) is 3.16. The van der Waals surface area contributed by atoms with E-state index < -0.39 is 11.9 Å². The van der Waals surface area contributed by atoms with Gasteiger partial charge in [0.2, 0.25) is 0 Å². The van der Waals surface area contributed by atoms with Crippen LogP contribution >= 0.6 is 11.3 Å². The SMILES string of the molecule is CC(=O)C1=C(C)NC(C)=C(C(=O)OCc2ccc(F)cc2)C1c1csc2ncccc12. The van der Waals surface area contributed by atoms with Gasteiger partial charge in [-0.2, -0.15) is 0 Å². The van der Waals surface area contributed by atoms with Crippen LogP contribution in [0.1, 0.15) is 37.8 Å². The number of pyridine rings is 1. The Balaban J connectivity index is 1.75. The Kier molecular flexibility index (Phi) is 5.69. The van der Waals surface area contributed by atoms with Crippen LogP contribution in [-0.4, -0.2) is 16.7 Å². The molecule has 3 aromatic rings. The first-order valence-electron chi connectivity index (χ1n) is 9.80. The molecule has 0 saturated carbocycles. The van der Waals surface area contributed by atoms with E-state index in [0.29, 0.717) is 28.1 Å². The van der Waals surface area contributed by atoms with Crippen LogP contribution in [0.5, 0.6) is 0 Å². The minimum atomic E-state index is -0.558. The number of carbonyl (C=O) groups excluding carboxylic acids is 2. The largest absolute Gasteiger partial charge is 0.457 e. The van der Waals surface area contributed by atoms with Gasteiger partial charge in [-0.3, -0.25) is 4.79 Å². The van der Waals surface area contributed by atoms with Crippen LogP contribution < -0.4 is 5.32 Å². The molecule has 0 amide bonds. The predicted molar refractivity (Wildman–Crippen MR) is 118 cm³/mol. The molecule has 0 aliphatic carbocycles. The number of dihydropyridines is 1. The van der Waals surface area contributed by atoms with E-state index in [4.69, 9.17) is 4.74 Å². The molecule has 0 spiro atoms. The van der Waals surface area contributed by atoms with Crippen molar-refractivity contribution < 1.29 is 18.7 Å². The highest BCUT2D eigenvalue weighted by Crippen LogP contribution is 2.43. The minimum absolute atomic E-state index is 0.00660. The summed E-state index contributed by atoms with van der Waals surface area (Å²) in [6.07, 6.45) is 1.72. The molecular formula is C24H21FN2O3S. The molecule has 2 aromatic heterocycles. The van der Waals surface area contributed by atoms with E-state index in [1.807, 2.05) is 24.4 Å². The van der Waals surface area contributed by atoms with Crippen LogP contribution in [0.25, 0.3) is 10.2 Å². The van der Waals surface area contributed by atoms with Crippen LogP contribution in [0.4, 0.5) is 4.39 Å². The second-order valence-corrected chi connectivity index (χ2v) is 8.30. The Morgan fingerprint density at radius 3 is 2.55 bits per heavy atom. The third kappa shape index (κ3) is 4.01. The zero-order valence-corrected chi connectivity index (χ0v) is 18.2. The van der Waals surface area contributed by atoms with Crippen molar-refractivity contribution in [3.8, 4) is 0 Å². The quantitative estimate of drug-likeness (QED) is 0.570. The van der Waals surface area contributed by atoms with Gasteiger partial charge in [-0.1, -0.05) is 18.2 Å². The Morgan fingerprint density at radius 1 is 1.13 bits per heavy atom. The van der Waals surface area contributed by atoms with Crippen LogP contribution in [0.3, 0.4) is 0 Å². The molecule has 0 fully saturated rings. The fraction of sp³-hybridized carbons (Fsp3) is 0.208. The standard InChI is InChI=1S/C24H21FN2O3S/c1-13-20(15(3)28)22(19-12-31-23-18(19)5-4-10-26-23)21(14(2)27-13)24(29)30-11-16-6-8-17(25)9-7-16/h4-10,12,22,27H,11H2,1-3H3. The van der Waals surface area contributed by atoms with Gasteiger partial charge < -0.3 is 10.1 Å². The molecule has 1 atom stereocenters. The number of ether oxygens (including phenoxy) is 1. The number of ketones is 1. The van der Waals surface area contributed by atoms with E-state index >= 15 is 0 Å². The van der Waals surface area contributed by atoms with E-state index in [-0.39, 0.29) is 18.2 Å². The second-order valence-electron chi connectivity index (χ2n) is 7.44. The number of fused-ring (bicyclic) bond motifs is 1. The molecule has 31 heavy (non-hydrogen) atoms. The van der Waals surface area contributed by atoms with Gasteiger partial charge in [-0.25, -0.2) is 14.2 Å². The first-order valence-corrected chi connectivity index (χ1v) is 10.7. The lowest BCUT2D eigenvalue weighted by Gasteiger charge is -2.30. The zero-order chi connectivity index (χ0) is 22.1. The van der Waals surface area contributed by atoms with Crippen molar-refractivity contribution in [2.24, 2.45) is 0 Å². The van der Waals surface area contributed by atoms with Gasteiger partial charge in [0.25, 0.3) is 0 Å². The summed E-state index contributed by atoms with van der Waals surface area (Å²) < 4.78 is 18.7. The van der Waals surface area contributed by atoms with Gasteiger partial charge in [-0.15, -0.1) is 11.3 Å². The highest BCUT2D eigenvalue weighted by atomic mass is 32.1. The number of carbonyl (C=O) groups is 2. The van der Waals surface area contributed by atoms with Crippen LogP contribution in [0, 0.1) is 5.82 Å². The lowest BCUT2D eigenvalue weighted by molar-refractivity contribution is -0.140. The maximum Gasteiger partial charge on any atom is 0.337 e. The van der Waals surface area contributed by atoms with Crippen LogP contribution in [-0.2, 0) is 20.9 Å². The van der Waals surface area contributed by atoms with Crippen molar-refractivity contribution in [2.45, 2.75) is 33.3 Å². The van der Waals surface area contributed by atoms with Gasteiger partial charge in [0, 0.05) is 34.5 Å². The molecule has 7 heteroatoms. The van der Waals surface area contributed by atoms with Crippen molar-refractivity contribution in [3.05, 3.63) is 87.5 Å². The van der Waals surface area contributed by atoms with Crippen molar-refractivity contribution >= 4 is 33.3 Å². The van der Waals surface area contributed by atoms with Gasteiger partial charge in [0.05, 0.1) is 5.57 Å². The lowest BCUT2D eigenvalue weighted by atomic mass is 9.79. The molecule has 0 bridgehead atoms. The number of esters is 1. The third-order valence-electron chi connectivity index (χ3n) is 5.33. The third-order valence-corrected chi connectivity index (χ3v) is 6.25. The number of benzene rings is 1. The number of Topliss-reactive ketones (excluding diaryl/α,β-unsaturated/α-hetero) is 1. The summed E-state index contributed by atoms with van der Waals surface area (Å²) in [5, 5.41) is 6.02. The number of thiophene rings is 1. The number of nitrogens with one attached hydrogen (secondary N) is 1. The van der Waals surface area contributed by atoms with E-state index in [0.717, 1.165) is 15.8 Å². The Morgan fingerprint density at radius 2 is 1.84 bits per heavy atom. The maximum atomic E-state index is 13.2. The summed E-state index contributed by atoms with van der Waals surface area (Å²) in [5.41, 5.74) is 3.81. The molecule has 1 N–H and O–H groups in total. The first-order chi connectivity index (χ1) is 14.9. The average molecular weight is 437 g/mol. The fourth-order valence-electron chi connectivity index (χ4n) is 3.96. The number of rotatable bonds is 5. The van der Waals surface area contributed by atoms with E-state index in [2.05, 4.69) is 10.3 Å². The molecule has 1 aromatic carbocycles. The van der Waals surface area contributed by atoms with Gasteiger partial charge in [-0.05, 0) is 55.5 Å². The molecular weight excluding hydrogens is 415 g/mol. The molecule has 4 rings (SSSR count). The van der Waals surface area contributed by atoms with Crippen molar-refractivity contribution in [1.82, 2.24) is 10.3 Å². The number of allylic oxidation sites excluding steroid dienone is 3. The molecule has 3 heterocycles. The molecule has 0 saturated heterocycles.